The molecular formula is C24H24N2O2. The van der Waals surface area contributed by atoms with Crippen molar-refractivity contribution in [3.8, 4) is 11.5 Å². The number of aromatic nitrogens is 2. The van der Waals surface area contributed by atoms with Crippen LogP contribution in [0.15, 0.2) is 67.3 Å². The standard InChI is InChI=1S/C24H24N2O2/c1-27-23-7-6-20(17-24(23)28-21-4-2-3-5-21)22(19-10-14-26-15-11-19)16-18-8-12-25-13-9-18/h6-17,21H,2-5H2,1H3. The second-order valence-corrected chi connectivity index (χ2v) is 6.96. The molecular weight excluding hydrogens is 348 g/mol. The maximum absolute atomic E-state index is 6.30. The molecule has 0 saturated heterocycles. The van der Waals surface area contributed by atoms with Gasteiger partial charge in [-0.15, -0.1) is 0 Å². The third-order valence-corrected chi connectivity index (χ3v) is 5.08. The summed E-state index contributed by atoms with van der Waals surface area (Å²) in [7, 11) is 1.69. The van der Waals surface area contributed by atoms with E-state index in [0.717, 1.165) is 46.6 Å². The Kier molecular flexibility index (Phi) is 5.66. The quantitative estimate of drug-likeness (QED) is 0.581. The molecule has 0 atom stereocenters. The summed E-state index contributed by atoms with van der Waals surface area (Å²) in [4.78, 5) is 8.28. The van der Waals surface area contributed by atoms with Gasteiger partial charge in [0.15, 0.2) is 11.5 Å². The van der Waals surface area contributed by atoms with E-state index in [1.165, 1.54) is 12.8 Å². The van der Waals surface area contributed by atoms with Gasteiger partial charge >= 0.3 is 0 Å². The largest absolute Gasteiger partial charge is 0.493 e. The molecule has 0 unspecified atom stereocenters. The van der Waals surface area contributed by atoms with Gasteiger partial charge < -0.3 is 9.47 Å². The summed E-state index contributed by atoms with van der Waals surface area (Å²) >= 11 is 0. The van der Waals surface area contributed by atoms with E-state index in [-0.39, 0.29) is 6.10 Å². The van der Waals surface area contributed by atoms with Crippen LogP contribution in [0.4, 0.5) is 0 Å². The van der Waals surface area contributed by atoms with Gasteiger partial charge in [-0.1, -0.05) is 6.07 Å². The highest BCUT2D eigenvalue weighted by Crippen LogP contribution is 2.36. The number of pyridine rings is 2. The maximum atomic E-state index is 6.30. The van der Waals surface area contributed by atoms with Crippen molar-refractivity contribution in [2.45, 2.75) is 31.8 Å². The number of ether oxygens (including phenoxy) is 2. The van der Waals surface area contributed by atoms with E-state index in [1.54, 1.807) is 19.5 Å². The zero-order valence-electron chi connectivity index (χ0n) is 16.0. The van der Waals surface area contributed by atoms with E-state index in [1.807, 2.05) is 42.7 Å². The Morgan fingerprint density at radius 3 is 2.21 bits per heavy atom. The number of rotatable bonds is 6. The molecule has 0 aliphatic heterocycles. The van der Waals surface area contributed by atoms with Crippen molar-refractivity contribution in [1.29, 1.82) is 0 Å². The van der Waals surface area contributed by atoms with Crippen molar-refractivity contribution < 1.29 is 9.47 Å². The molecule has 1 aromatic carbocycles. The van der Waals surface area contributed by atoms with Crippen molar-refractivity contribution in [3.05, 3.63) is 83.9 Å². The average Bonchev–Trinajstić information content (AvgIpc) is 3.26. The van der Waals surface area contributed by atoms with E-state index in [9.17, 15) is 0 Å². The zero-order valence-corrected chi connectivity index (χ0v) is 16.0. The average molecular weight is 372 g/mol. The van der Waals surface area contributed by atoms with Crippen LogP contribution in [0.25, 0.3) is 11.6 Å². The Balaban J connectivity index is 1.76. The maximum Gasteiger partial charge on any atom is 0.162 e. The first kappa shape index (κ1) is 18.2. The van der Waals surface area contributed by atoms with Crippen LogP contribution in [0.3, 0.4) is 0 Å². The smallest absolute Gasteiger partial charge is 0.162 e. The number of methoxy groups -OCH3 is 1. The number of benzene rings is 1. The molecule has 4 nitrogen and oxygen atoms in total. The molecule has 0 spiro atoms. The molecule has 2 aromatic heterocycles. The fourth-order valence-electron chi connectivity index (χ4n) is 3.61. The fraction of sp³-hybridized carbons (Fsp3) is 0.250. The van der Waals surface area contributed by atoms with Crippen LogP contribution in [0.1, 0.15) is 42.4 Å². The van der Waals surface area contributed by atoms with Gasteiger partial charge in [-0.25, -0.2) is 0 Å². The molecule has 0 amide bonds. The van der Waals surface area contributed by atoms with Crippen molar-refractivity contribution in [2.75, 3.05) is 7.11 Å². The Labute approximate surface area is 165 Å². The molecule has 142 valence electrons. The van der Waals surface area contributed by atoms with Gasteiger partial charge in [0.25, 0.3) is 0 Å². The van der Waals surface area contributed by atoms with Crippen molar-refractivity contribution in [2.24, 2.45) is 0 Å². The summed E-state index contributed by atoms with van der Waals surface area (Å²) in [5, 5.41) is 0. The molecule has 4 rings (SSSR count). The van der Waals surface area contributed by atoms with Gasteiger partial charge in [0.2, 0.25) is 0 Å². The topological polar surface area (TPSA) is 44.2 Å². The third-order valence-electron chi connectivity index (χ3n) is 5.08. The fourth-order valence-corrected chi connectivity index (χ4v) is 3.61. The second-order valence-electron chi connectivity index (χ2n) is 6.96. The molecule has 0 N–H and O–H groups in total. The molecule has 3 aromatic rings. The molecule has 1 aliphatic carbocycles. The lowest BCUT2D eigenvalue weighted by atomic mass is 9.96. The molecule has 4 heteroatoms. The number of nitrogens with zero attached hydrogens (tertiary/aromatic N) is 2. The number of hydrogen-bond donors (Lipinski definition) is 0. The van der Waals surface area contributed by atoms with Gasteiger partial charge in [0.1, 0.15) is 0 Å². The van der Waals surface area contributed by atoms with Gasteiger partial charge in [0, 0.05) is 24.8 Å². The monoisotopic (exact) mass is 372 g/mol. The van der Waals surface area contributed by atoms with Crippen LogP contribution in [0.5, 0.6) is 11.5 Å². The predicted molar refractivity (Wildman–Crippen MR) is 111 cm³/mol. The zero-order chi connectivity index (χ0) is 19.2. The van der Waals surface area contributed by atoms with E-state index >= 15 is 0 Å². The Hall–Kier alpha value is -3.14. The van der Waals surface area contributed by atoms with Crippen LogP contribution in [0, 0.1) is 0 Å². The van der Waals surface area contributed by atoms with Gasteiger partial charge in [0.05, 0.1) is 13.2 Å². The van der Waals surface area contributed by atoms with Crippen LogP contribution >= 0.6 is 0 Å². The molecule has 0 radical (unpaired) electrons. The summed E-state index contributed by atoms with van der Waals surface area (Å²) in [6.07, 6.45) is 14.4. The summed E-state index contributed by atoms with van der Waals surface area (Å²) in [5.41, 5.74) is 4.38. The lowest BCUT2D eigenvalue weighted by Gasteiger charge is -2.18. The van der Waals surface area contributed by atoms with E-state index in [0.29, 0.717) is 0 Å². The summed E-state index contributed by atoms with van der Waals surface area (Å²) in [6.45, 7) is 0. The SMILES string of the molecule is COc1ccc(C(=Cc2ccncc2)c2ccncc2)cc1OC1CCCC1. The summed E-state index contributed by atoms with van der Waals surface area (Å²) < 4.78 is 11.9. The molecule has 2 heterocycles. The van der Waals surface area contributed by atoms with Crippen LogP contribution in [-0.2, 0) is 0 Å². The van der Waals surface area contributed by atoms with Crippen LogP contribution in [0.2, 0.25) is 0 Å². The van der Waals surface area contributed by atoms with Crippen LogP contribution < -0.4 is 9.47 Å². The molecule has 0 bridgehead atoms. The Bertz CT molecular complexity index is 933. The summed E-state index contributed by atoms with van der Waals surface area (Å²) in [5.74, 6) is 1.58. The normalized spacial score (nSPS) is 14.8. The lowest BCUT2D eigenvalue weighted by molar-refractivity contribution is 0.201. The summed E-state index contributed by atoms with van der Waals surface area (Å²) in [6, 6.07) is 14.2. The van der Waals surface area contributed by atoms with E-state index < -0.39 is 0 Å². The third kappa shape index (κ3) is 4.22. The lowest BCUT2D eigenvalue weighted by Crippen LogP contribution is -2.11. The van der Waals surface area contributed by atoms with Crippen molar-refractivity contribution >= 4 is 11.6 Å². The van der Waals surface area contributed by atoms with E-state index in [4.69, 9.17) is 9.47 Å². The van der Waals surface area contributed by atoms with Crippen LogP contribution in [-0.4, -0.2) is 23.2 Å². The first-order chi connectivity index (χ1) is 13.8. The van der Waals surface area contributed by atoms with Gasteiger partial charge in [-0.3, -0.25) is 9.97 Å². The molecule has 1 aliphatic rings. The van der Waals surface area contributed by atoms with Gasteiger partial charge in [-0.2, -0.15) is 0 Å². The highest BCUT2D eigenvalue weighted by molar-refractivity contribution is 5.91. The molecule has 1 fully saturated rings. The minimum Gasteiger partial charge on any atom is -0.493 e. The first-order valence-electron chi connectivity index (χ1n) is 9.70. The first-order valence-corrected chi connectivity index (χ1v) is 9.70. The van der Waals surface area contributed by atoms with E-state index in [2.05, 4.69) is 28.2 Å². The second kappa shape index (κ2) is 8.70. The minimum absolute atomic E-state index is 0.276. The minimum atomic E-state index is 0.276. The Morgan fingerprint density at radius 1 is 0.857 bits per heavy atom. The highest BCUT2D eigenvalue weighted by atomic mass is 16.5. The molecule has 28 heavy (non-hydrogen) atoms. The van der Waals surface area contributed by atoms with Crippen molar-refractivity contribution in [1.82, 2.24) is 9.97 Å². The predicted octanol–water partition coefficient (Wildman–Crippen LogP) is 5.40. The Morgan fingerprint density at radius 2 is 1.54 bits per heavy atom. The number of hydrogen-bond acceptors (Lipinski definition) is 4. The van der Waals surface area contributed by atoms with Crippen molar-refractivity contribution in [3.63, 3.8) is 0 Å². The van der Waals surface area contributed by atoms with Gasteiger partial charge in [-0.05, 0) is 90.4 Å². The molecule has 1 saturated carbocycles. The highest BCUT2D eigenvalue weighted by Gasteiger charge is 2.19.